The summed E-state index contributed by atoms with van der Waals surface area (Å²) in [6.45, 7) is 9.16. The molecule has 1 aromatic rings. The highest BCUT2D eigenvalue weighted by Gasteiger charge is 2.18. The molecule has 2 atom stereocenters. The first-order valence-corrected chi connectivity index (χ1v) is 7.89. The average molecular weight is 306 g/mol. The lowest BCUT2D eigenvalue weighted by atomic mass is 10.1. The van der Waals surface area contributed by atoms with E-state index in [0.717, 1.165) is 17.0 Å². The van der Waals surface area contributed by atoms with Gasteiger partial charge in [0.1, 0.15) is 0 Å². The lowest BCUT2D eigenvalue weighted by Crippen LogP contribution is -3.14. The quantitative estimate of drug-likeness (QED) is 0.646. The van der Waals surface area contributed by atoms with Gasteiger partial charge in [0.2, 0.25) is 0 Å². The Bertz CT molecular complexity index is 474. The van der Waals surface area contributed by atoms with Crippen LogP contribution in [-0.4, -0.2) is 37.5 Å². The molecule has 0 aliphatic carbocycles. The van der Waals surface area contributed by atoms with E-state index in [0.29, 0.717) is 13.1 Å². The van der Waals surface area contributed by atoms with Crippen LogP contribution in [0.3, 0.4) is 0 Å². The Kier molecular flexibility index (Phi) is 7.60. The van der Waals surface area contributed by atoms with Crippen molar-refractivity contribution >= 4 is 11.8 Å². The molecule has 1 aromatic carbocycles. The molecule has 0 radical (unpaired) electrons. The van der Waals surface area contributed by atoms with Gasteiger partial charge in [0.15, 0.2) is 13.1 Å². The molecule has 22 heavy (non-hydrogen) atoms. The van der Waals surface area contributed by atoms with E-state index in [1.807, 2.05) is 58.0 Å². The summed E-state index contributed by atoms with van der Waals surface area (Å²) in [5.74, 6) is -0.0543. The molecule has 1 unspecified atom stereocenters. The van der Waals surface area contributed by atoms with Crippen LogP contribution in [0, 0.1) is 0 Å². The predicted octanol–water partition coefficient (Wildman–Crippen LogP) is 0.293. The van der Waals surface area contributed by atoms with Crippen LogP contribution in [0.15, 0.2) is 30.3 Å². The van der Waals surface area contributed by atoms with Gasteiger partial charge < -0.3 is 15.5 Å². The number of rotatable bonds is 8. The molecular weight excluding hydrogens is 278 g/mol. The highest BCUT2D eigenvalue weighted by atomic mass is 16.2. The Labute approximate surface area is 133 Å². The van der Waals surface area contributed by atoms with E-state index in [-0.39, 0.29) is 23.9 Å². The second-order valence-electron chi connectivity index (χ2n) is 5.88. The number of likely N-dealkylation sites (N-methyl/N-ethyl adjacent to an activating group) is 1. The lowest BCUT2D eigenvalue weighted by Gasteiger charge is -2.19. The maximum absolute atomic E-state index is 12.1. The molecule has 0 bridgehead atoms. The second kappa shape index (κ2) is 9.20. The standard InChI is InChI=1S/C17H27N3O2/c1-5-20(11-16(21)18-13(2)3)12-17(22)19-14(4)15-9-7-6-8-10-15/h6-10,13-14H,5,11-12H2,1-4H3,(H,18,21)(H,19,22)/p+1/t14-/m1/s1. The molecular formula is C17H28N3O2+. The zero-order chi connectivity index (χ0) is 16.5. The van der Waals surface area contributed by atoms with Crippen molar-refractivity contribution in [3.05, 3.63) is 35.9 Å². The maximum atomic E-state index is 12.1. The van der Waals surface area contributed by atoms with Gasteiger partial charge in [-0.15, -0.1) is 0 Å². The van der Waals surface area contributed by atoms with Gasteiger partial charge in [-0.2, -0.15) is 0 Å². The monoisotopic (exact) mass is 306 g/mol. The minimum Gasteiger partial charge on any atom is -0.349 e. The summed E-state index contributed by atoms with van der Waals surface area (Å²) >= 11 is 0. The molecule has 0 saturated heterocycles. The van der Waals surface area contributed by atoms with Crippen molar-refractivity contribution in [2.24, 2.45) is 0 Å². The fraction of sp³-hybridized carbons (Fsp3) is 0.529. The summed E-state index contributed by atoms with van der Waals surface area (Å²) in [6, 6.07) is 9.94. The summed E-state index contributed by atoms with van der Waals surface area (Å²) in [5, 5.41) is 5.84. The van der Waals surface area contributed by atoms with Crippen molar-refractivity contribution in [3.8, 4) is 0 Å². The zero-order valence-corrected chi connectivity index (χ0v) is 14.0. The van der Waals surface area contributed by atoms with Crippen LogP contribution in [0.5, 0.6) is 0 Å². The van der Waals surface area contributed by atoms with Crippen LogP contribution in [-0.2, 0) is 9.59 Å². The third-order valence-electron chi connectivity index (χ3n) is 3.45. The molecule has 5 nitrogen and oxygen atoms in total. The third kappa shape index (κ3) is 6.72. The van der Waals surface area contributed by atoms with Crippen molar-refractivity contribution in [2.75, 3.05) is 19.6 Å². The smallest absolute Gasteiger partial charge is 0.275 e. The second-order valence-corrected chi connectivity index (χ2v) is 5.88. The van der Waals surface area contributed by atoms with E-state index in [1.54, 1.807) is 0 Å². The van der Waals surface area contributed by atoms with Crippen LogP contribution in [0.2, 0.25) is 0 Å². The molecule has 1 rings (SSSR count). The number of hydrogen-bond acceptors (Lipinski definition) is 2. The first-order valence-electron chi connectivity index (χ1n) is 7.89. The molecule has 0 saturated carbocycles. The topological polar surface area (TPSA) is 62.6 Å². The number of nitrogens with one attached hydrogen (secondary N) is 3. The molecule has 0 heterocycles. The summed E-state index contributed by atoms with van der Waals surface area (Å²) < 4.78 is 0. The van der Waals surface area contributed by atoms with E-state index in [1.165, 1.54) is 0 Å². The summed E-state index contributed by atoms with van der Waals surface area (Å²) in [5.41, 5.74) is 1.08. The number of hydrogen-bond donors (Lipinski definition) is 3. The van der Waals surface area contributed by atoms with Gasteiger partial charge in [-0.1, -0.05) is 30.3 Å². The highest BCUT2D eigenvalue weighted by Crippen LogP contribution is 2.10. The Morgan fingerprint density at radius 3 is 2.05 bits per heavy atom. The number of carbonyl (C=O) groups excluding carboxylic acids is 2. The molecule has 0 aliphatic rings. The Morgan fingerprint density at radius 2 is 1.55 bits per heavy atom. The van der Waals surface area contributed by atoms with Gasteiger partial charge in [-0.05, 0) is 33.3 Å². The SMILES string of the molecule is CC[NH+](CC(=O)NC(C)C)CC(=O)N[C@H](C)c1ccccc1. The van der Waals surface area contributed by atoms with Gasteiger partial charge >= 0.3 is 0 Å². The van der Waals surface area contributed by atoms with Crippen LogP contribution < -0.4 is 15.5 Å². The average Bonchev–Trinajstić information content (AvgIpc) is 2.46. The summed E-state index contributed by atoms with van der Waals surface area (Å²) in [4.78, 5) is 24.9. The first kappa shape index (κ1) is 18.2. The number of benzene rings is 1. The van der Waals surface area contributed by atoms with E-state index in [2.05, 4.69) is 10.6 Å². The summed E-state index contributed by atoms with van der Waals surface area (Å²) in [6.07, 6.45) is 0. The largest absolute Gasteiger partial charge is 0.349 e. The molecule has 0 aromatic heterocycles. The van der Waals surface area contributed by atoms with Crippen molar-refractivity contribution in [1.82, 2.24) is 10.6 Å². The zero-order valence-electron chi connectivity index (χ0n) is 14.0. The lowest BCUT2D eigenvalue weighted by molar-refractivity contribution is -0.881. The Balaban J connectivity index is 2.46. The van der Waals surface area contributed by atoms with Crippen molar-refractivity contribution in [2.45, 2.75) is 39.8 Å². The van der Waals surface area contributed by atoms with Crippen molar-refractivity contribution in [3.63, 3.8) is 0 Å². The van der Waals surface area contributed by atoms with E-state index in [9.17, 15) is 9.59 Å². The minimum absolute atomic E-state index is 0.0178. The third-order valence-corrected chi connectivity index (χ3v) is 3.45. The van der Waals surface area contributed by atoms with Gasteiger partial charge in [0.25, 0.3) is 11.8 Å². The van der Waals surface area contributed by atoms with Gasteiger partial charge in [0.05, 0.1) is 12.6 Å². The van der Waals surface area contributed by atoms with Gasteiger partial charge in [-0.3, -0.25) is 9.59 Å². The van der Waals surface area contributed by atoms with Gasteiger partial charge in [-0.25, -0.2) is 0 Å². The molecule has 5 heteroatoms. The number of quaternary nitrogens is 1. The highest BCUT2D eigenvalue weighted by molar-refractivity contribution is 5.79. The molecule has 2 amide bonds. The molecule has 0 fully saturated rings. The number of amides is 2. The van der Waals surface area contributed by atoms with Crippen LogP contribution in [0.25, 0.3) is 0 Å². The normalized spacial score (nSPS) is 13.5. The fourth-order valence-corrected chi connectivity index (χ4v) is 2.26. The molecule has 0 spiro atoms. The van der Waals surface area contributed by atoms with Crippen LogP contribution in [0.1, 0.15) is 39.3 Å². The van der Waals surface area contributed by atoms with E-state index < -0.39 is 0 Å². The fourth-order valence-electron chi connectivity index (χ4n) is 2.26. The molecule has 0 aliphatic heterocycles. The van der Waals surface area contributed by atoms with E-state index in [4.69, 9.17) is 0 Å². The minimum atomic E-state index is -0.0365. The predicted molar refractivity (Wildman–Crippen MR) is 87.5 cm³/mol. The first-order chi connectivity index (χ1) is 10.4. The van der Waals surface area contributed by atoms with E-state index >= 15 is 0 Å². The number of carbonyl (C=O) groups is 2. The summed E-state index contributed by atoms with van der Waals surface area (Å²) in [7, 11) is 0. The van der Waals surface area contributed by atoms with Crippen LogP contribution in [0.4, 0.5) is 0 Å². The van der Waals surface area contributed by atoms with Crippen molar-refractivity contribution in [1.29, 1.82) is 0 Å². The van der Waals surface area contributed by atoms with Crippen molar-refractivity contribution < 1.29 is 14.5 Å². The Morgan fingerprint density at radius 1 is 1.00 bits per heavy atom. The Hall–Kier alpha value is -1.88. The molecule has 122 valence electrons. The van der Waals surface area contributed by atoms with Crippen LogP contribution >= 0.6 is 0 Å². The maximum Gasteiger partial charge on any atom is 0.275 e. The van der Waals surface area contributed by atoms with Gasteiger partial charge in [0, 0.05) is 6.04 Å². The molecule has 3 N–H and O–H groups in total.